The number of aromatic nitrogens is 2. The minimum atomic E-state index is -3.12. The first-order valence-corrected chi connectivity index (χ1v) is 14.9. The quantitative estimate of drug-likeness (QED) is 0.668. The summed E-state index contributed by atoms with van der Waals surface area (Å²) in [5.74, 6) is 1.19. The summed E-state index contributed by atoms with van der Waals surface area (Å²) in [5, 5.41) is 4.93. The van der Waals surface area contributed by atoms with Gasteiger partial charge >= 0.3 is 0 Å². The Morgan fingerprint density at radius 2 is 1.61 bits per heavy atom. The topological polar surface area (TPSA) is 75.5 Å². The fourth-order valence-corrected chi connectivity index (χ4v) is 8.28. The Hall–Kier alpha value is -1.41. The van der Waals surface area contributed by atoms with E-state index in [0.717, 1.165) is 68.7 Å². The summed E-state index contributed by atoms with van der Waals surface area (Å²) >= 11 is 0. The summed E-state index contributed by atoms with van der Waals surface area (Å²) in [6.45, 7) is 5.92. The number of amides is 1. The van der Waals surface area contributed by atoms with Crippen LogP contribution in [0.4, 0.5) is 0 Å². The molecule has 1 saturated carbocycles. The van der Waals surface area contributed by atoms with Crippen LogP contribution in [-0.4, -0.2) is 65.7 Å². The molecule has 5 rings (SSSR count). The smallest absolute Gasteiger partial charge is 0.257 e. The highest BCUT2D eigenvalue weighted by Crippen LogP contribution is 2.52. The van der Waals surface area contributed by atoms with Crippen molar-refractivity contribution >= 4 is 15.9 Å². The van der Waals surface area contributed by atoms with Crippen LogP contribution in [0.5, 0.6) is 0 Å². The van der Waals surface area contributed by atoms with E-state index in [1.54, 1.807) is 4.31 Å². The molecule has 1 aromatic rings. The molecule has 1 aliphatic carbocycles. The maximum atomic E-state index is 13.5. The summed E-state index contributed by atoms with van der Waals surface area (Å²) in [7, 11) is -3.12. The first kappa shape index (κ1) is 23.3. The summed E-state index contributed by atoms with van der Waals surface area (Å²) in [4.78, 5) is 15.5. The monoisotopic (exact) mass is 476 g/mol. The Morgan fingerprint density at radius 1 is 0.970 bits per heavy atom. The molecule has 0 aromatic carbocycles. The van der Waals surface area contributed by atoms with Crippen LogP contribution >= 0.6 is 0 Å². The molecule has 4 aliphatic rings. The van der Waals surface area contributed by atoms with Crippen molar-refractivity contribution in [2.24, 2.45) is 17.3 Å². The van der Waals surface area contributed by atoms with E-state index in [2.05, 4.69) is 4.68 Å². The third-order valence-corrected chi connectivity index (χ3v) is 10.4. The van der Waals surface area contributed by atoms with Crippen molar-refractivity contribution in [1.82, 2.24) is 19.0 Å². The van der Waals surface area contributed by atoms with Gasteiger partial charge in [-0.2, -0.15) is 5.10 Å². The zero-order valence-corrected chi connectivity index (χ0v) is 21.2. The molecule has 7 nitrogen and oxygen atoms in total. The van der Waals surface area contributed by atoms with Gasteiger partial charge < -0.3 is 4.90 Å². The van der Waals surface area contributed by atoms with Crippen LogP contribution < -0.4 is 0 Å². The van der Waals surface area contributed by atoms with Crippen molar-refractivity contribution in [3.05, 3.63) is 17.0 Å². The molecule has 8 heteroatoms. The predicted molar refractivity (Wildman–Crippen MR) is 129 cm³/mol. The van der Waals surface area contributed by atoms with Gasteiger partial charge in [0, 0.05) is 32.7 Å². The molecule has 1 aromatic heterocycles. The molecule has 0 bridgehead atoms. The van der Waals surface area contributed by atoms with Gasteiger partial charge in [-0.1, -0.05) is 25.7 Å². The number of carbonyl (C=O) groups is 1. The molecular formula is C25H40N4O3S. The fraction of sp³-hybridized carbons (Fsp3) is 0.840. The highest BCUT2D eigenvalue weighted by atomic mass is 32.2. The van der Waals surface area contributed by atoms with Crippen molar-refractivity contribution in [1.29, 1.82) is 0 Å². The highest BCUT2D eigenvalue weighted by Gasteiger charge is 2.48. The fourth-order valence-electron chi connectivity index (χ4n) is 7.40. The van der Waals surface area contributed by atoms with Crippen molar-refractivity contribution in [3.63, 3.8) is 0 Å². The molecule has 2 saturated heterocycles. The Labute approximate surface area is 198 Å². The van der Waals surface area contributed by atoms with Gasteiger partial charge in [0.2, 0.25) is 10.0 Å². The first-order valence-electron chi connectivity index (χ1n) is 13.1. The molecule has 1 unspecified atom stereocenters. The van der Waals surface area contributed by atoms with Gasteiger partial charge in [-0.3, -0.25) is 9.48 Å². The van der Waals surface area contributed by atoms with E-state index < -0.39 is 10.0 Å². The number of piperidine rings is 1. The summed E-state index contributed by atoms with van der Waals surface area (Å²) in [6.07, 6.45) is 13.9. The second-order valence-corrected chi connectivity index (χ2v) is 13.1. The number of hydrogen-bond acceptors (Lipinski definition) is 4. The maximum absolute atomic E-state index is 13.5. The summed E-state index contributed by atoms with van der Waals surface area (Å²) in [5.41, 5.74) is 3.13. The number of aryl methyl sites for hydroxylation is 1. The molecule has 4 heterocycles. The largest absolute Gasteiger partial charge is 0.339 e. The van der Waals surface area contributed by atoms with Crippen molar-refractivity contribution in [2.45, 2.75) is 84.1 Å². The minimum Gasteiger partial charge on any atom is -0.339 e. The lowest BCUT2D eigenvalue weighted by molar-refractivity contribution is 0.0149. The maximum Gasteiger partial charge on any atom is 0.257 e. The normalized spacial score (nSPS) is 27.0. The Morgan fingerprint density at radius 3 is 2.21 bits per heavy atom. The van der Waals surface area contributed by atoms with Gasteiger partial charge in [0.1, 0.15) is 0 Å². The lowest BCUT2D eigenvalue weighted by Crippen LogP contribution is -2.48. The van der Waals surface area contributed by atoms with Crippen molar-refractivity contribution in [3.8, 4) is 0 Å². The van der Waals surface area contributed by atoms with Gasteiger partial charge in [0.05, 0.1) is 23.2 Å². The minimum absolute atomic E-state index is 0.175. The average Bonchev–Trinajstić information content (AvgIpc) is 3.35. The number of carbonyl (C=O) groups excluding carboxylic acids is 1. The van der Waals surface area contributed by atoms with Crippen LogP contribution in [-0.2, 0) is 23.0 Å². The number of hydrogen-bond donors (Lipinski definition) is 0. The van der Waals surface area contributed by atoms with Crippen LogP contribution in [0.1, 0.15) is 86.0 Å². The zero-order valence-electron chi connectivity index (χ0n) is 20.4. The molecule has 1 spiro atoms. The summed E-state index contributed by atoms with van der Waals surface area (Å²) in [6, 6.07) is 0. The lowest BCUT2D eigenvalue weighted by Gasteiger charge is -2.49. The first-order chi connectivity index (χ1) is 15.8. The molecule has 184 valence electrons. The number of fused-ring (bicyclic) bond motifs is 1. The standard InChI is InChI=1S/C25H40N4O3S/c1-19-23(24(30)27-13-7-8-14-27)22-17-21(20-9-15-28(16-10-20)33(2,31)32)25(18-29(22)26-19)11-5-3-4-6-12-25/h20-21H,3-18H2,1-2H3. The van der Waals surface area contributed by atoms with Gasteiger partial charge in [-0.05, 0) is 69.1 Å². The van der Waals surface area contributed by atoms with E-state index >= 15 is 0 Å². The van der Waals surface area contributed by atoms with Crippen LogP contribution in [0.15, 0.2) is 0 Å². The number of sulfonamides is 1. The van der Waals surface area contributed by atoms with Gasteiger partial charge in [0.25, 0.3) is 5.91 Å². The van der Waals surface area contributed by atoms with Crippen LogP contribution in [0.25, 0.3) is 0 Å². The molecule has 1 amide bonds. The predicted octanol–water partition coefficient (Wildman–Crippen LogP) is 3.61. The lowest BCUT2D eigenvalue weighted by atomic mass is 9.60. The number of rotatable bonds is 3. The Bertz CT molecular complexity index is 980. The van der Waals surface area contributed by atoms with Crippen molar-refractivity contribution in [2.75, 3.05) is 32.4 Å². The van der Waals surface area contributed by atoms with Crippen LogP contribution in [0.2, 0.25) is 0 Å². The Kier molecular flexibility index (Phi) is 6.36. The van der Waals surface area contributed by atoms with Crippen molar-refractivity contribution < 1.29 is 13.2 Å². The SMILES string of the molecule is Cc1nn2c(c1C(=O)N1CCCC1)CC(C1CCN(S(C)(=O)=O)CC1)C1(CCCCCC1)C2. The molecule has 1 atom stereocenters. The van der Waals surface area contributed by atoms with Gasteiger partial charge in [-0.25, -0.2) is 12.7 Å². The Balaban J connectivity index is 1.47. The molecular weight excluding hydrogens is 436 g/mol. The van der Waals surface area contributed by atoms with E-state index in [1.165, 1.54) is 44.8 Å². The second kappa shape index (κ2) is 8.99. The third kappa shape index (κ3) is 4.38. The number of nitrogens with zero attached hydrogens (tertiary/aromatic N) is 4. The van der Waals surface area contributed by atoms with E-state index in [9.17, 15) is 13.2 Å². The van der Waals surface area contributed by atoms with E-state index in [4.69, 9.17) is 5.10 Å². The van der Waals surface area contributed by atoms with Crippen LogP contribution in [0, 0.1) is 24.2 Å². The summed E-state index contributed by atoms with van der Waals surface area (Å²) < 4.78 is 28.0. The van der Waals surface area contributed by atoms with Gasteiger partial charge in [-0.15, -0.1) is 0 Å². The van der Waals surface area contributed by atoms with E-state index in [1.807, 2.05) is 11.8 Å². The van der Waals surface area contributed by atoms with Crippen LogP contribution in [0.3, 0.4) is 0 Å². The third-order valence-electron chi connectivity index (χ3n) is 9.14. The zero-order chi connectivity index (χ0) is 23.2. The van der Waals surface area contributed by atoms with Gasteiger partial charge in [0.15, 0.2) is 0 Å². The molecule has 3 fully saturated rings. The molecule has 0 N–H and O–H groups in total. The highest BCUT2D eigenvalue weighted by molar-refractivity contribution is 7.88. The van der Waals surface area contributed by atoms with E-state index in [0.29, 0.717) is 24.9 Å². The molecule has 0 radical (unpaired) electrons. The average molecular weight is 477 g/mol. The number of likely N-dealkylation sites (tertiary alicyclic amines) is 1. The second-order valence-electron chi connectivity index (χ2n) is 11.2. The van der Waals surface area contributed by atoms with E-state index in [-0.39, 0.29) is 11.3 Å². The molecule has 3 aliphatic heterocycles. The molecule has 33 heavy (non-hydrogen) atoms.